The van der Waals surface area contributed by atoms with E-state index in [4.69, 9.17) is 16.3 Å². The second-order valence-electron chi connectivity index (χ2n) is 3.77. The molecule has 1 unspecified atom stereocenters. The fourth-order valence-electron chi connectivity index (χ4n) is 0.407. The van der Waals surface area contributed by atoms with Crippen LogP contribution in [0, 0.1) is 5.41 Å². The molecule has 1 aliphatic heterocycles. The highest BCUT2D eigenvalue weighted by Gasteiger charge is 2.30. The molecule has 1 nitrogen and oxygen atoms in total. The predicted octanol–water partition coefficient (Wildman–Crippen LogP) is 2.43. The van der Waals surface area contributed by atoms with Crippen LogP contribution in [0.15, 0.2) is 0 Å². The van der Waals surface area contributed by atoms with Gasteiger partial charge >= 0.3 is 0 Å². The topological polar surface area (TPSA) is 12.5 Å². The van der Waals surface area contributed by atoms with E-state index in [1.165, 1.54) is 12.8 Å². The summed E-state index contributed by atoms with van der Waals surface area (Å²) in [5.41, 5.74) is 0.750. The Kier molecular flexibility index (Phi) is 2.59. The summed E-state index contributed by atoms with van der Waals surface area (Å²) in [4.78, 5) is 0. The summed E-state index contributed by atoms with van der Waals surface area (Å²) < 4.78 is 4.73. The highest BCUT2D eigenvalue weighted by atomic mass is 35.5. The summed E-state index contributed by atoms with van der Waals surface area (Å²) in [7, 11) is 0. The number of hydrogen-bond donors (Lipinski definition) is 0. The molecular weight excluding hydrogens is 148 g/mol. The number of halogens is 1. The summed E-state index contributed by atoms with van der Waals surface area (Å²) in [6.07, 6.45) is 3.30. The Morgan fingerprint density at radius 2 is 1.90 bits per heavy atom. The first-order chi connectivity index (χ1) is 4.64. The van der Waals surface area contributed by atoms with Crippen molar-refractivity contribution in [1.82, 2.24) is 0 Å². The molecule has 2 fully saturated rings. The highest BCUT2D eigenvalue weighted by Crippen LogP contribution is 2.43. The molecule has 0 radical (unpaired) electrons. The van der Waals surface area contributed by atoms with Gasteiger partial charge < -0.3 is 4.74 Å². The predicted molar refractivity (Wildman–Crippen MR) is 43.5 cm³/mol. The normalized spacial score (nSPS) is 32.1. The SMILES string of the molecule is CC1(C)CC1.ClCC1CO1. The van der Waals surface area contributed by atoms with Crippen LogP contribution in [0.1, 0.15) is 26.7 Å². The van der Waals surface area contributed by atoms with Crippen LogP contribution in [0.5, 0.6) is 0 Å². The molecule has 2 heteroatoms. The van der Waals surface area contributed by atoms with Crippen LogP contribution in [-0.4, -0.2) is 18.6 Å². The van der Waals surface area contributed by atoms with E-state index in [-0.39, 0.29) is 0 Å². The third kappa shape index (κ3) is 4.13. The maximum Gasteiger partial charge on any atom is 0.0944 e. The molecule has 0 aromatic carbocycles. The van der Waals surface area contributed by atoms with Gasteiger partial charge in [0.05, 0.1) is 18.6 Å². The van der Waals surface area contributed by atoms with Gasteiger partial charge in [-0.1, -0.05) is 13.8 Å². The third-order valence-electron chi connectivity index (χ3n) is 1.82. The molecule has 1 aliphatic carbocycles. The molecule has 2 aliphatic rings. The Bertz CT molecular complexity index is 102. The molecule has 1 atom stereocenters. The van der Waals surface area contributed by atoms with Gasteiger partial charge in [0.25, 0.3) is 0 Å². The number of epoxide rings is 1. The molecule has 60 valence electrons. The van der Waals surface area contributed by atoms with Gasteiger partial charge in [-0.2, -0.15) is 0 Å². The zero-order chi connectivity index (χ0) is 7.61. The quantitative estimate of drug-likeness (QED) is 0.426. The van der Waals surface area contributed by atoms with Crippen LogP contribution in [0.4, 0.5) is 0 Å². The lowest BCUT2D eigenvalue weighted by molar-refractivity contribution is 0.425. The second kappa shape index (κ2) is 3.10. The van der Waals surface area contributed by atoms with Gasteiger partial charge in [0.2, 0.25) is 0 Å². The van der Waals surface area contributed by atoms with Crippen molar-refractivity contribution in [1.29, 1.82) is 0 Å². The number of rotatable bonds is 1. The zero-order valence-corrected chi connectivity index (χ0v) is 7.45. The largest absolute Gasteiger partial charge is 0.372 e. The molecule has 1 saturated heterocycles. The van der Waals surface area contributed by atoms with Crippen molar-refractivity contribution in [3.63, 3.8) is 0 Å². The Labute approximate surface area is 67.7 Å². The van der Waals surface area contributed by atoms with Crippen LogP contribution in [0.25, 0.3) is 0 Å². The van der Waals surface area contributed by atoms with Gasteiger partial charge in [-0.3, -0.25) is 0 Å². The lowest BCUT2D eigenvalue weighted by Crippen LogP contribution is -1.80. The third-order valence-corrected chi connectivity index (χ3v) is 2.17. The first-order valence-electron chi connectivity index (χ1n) is 3.82. The second-order valence-corrected chi connectivity index (χ2v) is 4.08. The Hall–Kier alpha value is 0.250. The minimum absolute atomic E-state index is 0.400. The summed E-state index contributed by atoms with van der Waals surface area (Å²) in [6, 6.07) is 0. The maximum absolute atomic E-state index is 5.27. The summed E-state index contributed by atoms with van der Waals surface area (Å²) in [6.45, 7) is 5.48. The van der Waals surface area contributed by atoms with Gasteiger partial charge in [-0.25, -0.2) is 0 Å². The Morgan fingerprint density at radius 1 is 1.50 bits per heavy atom. The average Bonchev–Trinajstić information content (AvgIpc) is 2.69. The Balaban J connectivity index is 0.0000001000. The highest BCUT2D eigenvalue weighted by molar-refractivity contribution is 6.18. The number of alkyl halides is 1. The Morgan fingerprint density at radius 3 is 1.90 bits per heavy atom. The van der Waals surface area contributed by atoms with Gasteiger partial charge in [-0.05, 0) is 18.3 Å². The van der Waals surface area contributed by atoms with Crippen molar-refractivity contribution in [3.8, 4) is 0 Å². The fraction of sp³-hybridized carbons (Fsp3) is 1.00. The van der Waals surface area contributed by atoms with Crippen molar-refractivity contribution in [3.05, 3.63) is 0 Å². The van der Waals surface area contributed by atoms with E-state index in [9.17, 15) is 0 Å². The van der Waals surface area contributed by atoms with Crippen LogP contribution >= 0.6 is 11.6 Å². The molecule has 0 aromatic rings. The lowest BCUT2D eigenvalue weighted by Gasteiger charge is -1.86. The van der Waals surface area contributed by atoms with E-state index < -0.39 is 0 Å². The fourth-order valence-corrected chi connectivity index (χ4v) is 0.585. The van der Waals surface area contributed by atoms with E-state index in [0.29, 0.717) is 12.0 Å². The maximum atomic E-state index is 5.27. The number of hydrogen-bond acceptors (Lipinski definition) is 1. The molecule has 1 saturated carbocycles. The van der Waals surface area contributed by atoms with Crippen molar-refractivity contribution in [2.45, 2.75) is 32.8 Å². The van der Waals surface area contributed by atoms with Crippen molar-refractivity contribution in [2.75, 3.05) is 12.5 Å². The number of ether oxygens (including phenoxy) is 1. The van der Waals surface area contributed by atoms with Crippen LogP contribution in [-0.2, 0) is 4.74 Å². The molecule has 0 bridgehead atoms. The van der Waals surface area contributed by atoms with Gasteiger partial charge in [0, 0.05) is 0 Å². The van der Waals surface area contributed by atoms with Crippen molar-refractivity contribution in [2.24, 2.45) is 5.41 Å². The van der Waals surface area contributed by atoms with E-state index in [0.717, 1.165) is 12.0 Å². The summed E-state index contributed by atoms with van der Waals surface area (Å²) in [5, 5.41) is 0. The minimum Gasteiger partial charge on any atom is -0.372 e. The summed E-state index contributed by atoms with van der Waals surface area (Å²) >= 11 is 5.27. The molecular formula is C8H15ClO. The van der Waals surface area contributed by atoms with E-state index in [1.54, 1.807) is 0 Å². The van der Waals surface area contributed by atoms with Crippen LogP contribution < -0.4 is 0 Å². The van der Waals surface area contributed by atoms with E-state index >= 15 is 0 Å². The summed E-state index contributed by atoms with van der Waals surface area (Å²) in [5.74, 6) is 0.667. The van der Waals surface area contributed by atoms with Gasteiger partial charge in [-0.15, -0.1) is 11.6 Å². The first-order valence-corrected chi connectivity index (χ1v) is 4.35. The molecule has 10 heavy (non-hydrogen) atoms. The monoisotopic (exact) mass is 162 g/mol. The average molecular weight is 163 g/mol. The molecule has 0 spiro atoms. The van der Waals surface area contributed by atoms with Gasteiger partial charge in [0.15, 0.2) is 0 Å². The van der Waals surface area contributed by atoms with Crippen molar-refractivity contribution < 1.29 is 4.74 Å². The van der Waals surface area contributed by atoms with Crippen LogP contribution in [0.3, 0.4) is 0 Å². The standard InChI is InChI=1S/C5H10.C3H5ClO/c1-5(2)3-4-5;4-1-3-2-5-3/h3-4H2,1-2H3;3H,1-2H2. The lowest BCUT2D eigenvalue weighted by atomic mass is 10.2. The zero-order valence-electron chi connectivity index (χ0n) is 6.69. The van der Waals surface area contributed by atoms with E-state index in [1.807, 2.05) is 0 Å². The van der Waals surface area contributed by atoms with Gasteiger partial charge in [0.1, 0.15) is 0 Å². The molecule has 1 heterocycles. The van der Waals surface area contributed by atoms with E-state index in [2.05, 4.69) is 13.8 Å². The smallest absolute Gasteiger partial charge is 0.0944 e. The molecule has 0 aromatic heterocycles. The molecule has 0 N–H and O–H groups in total. The molecule has 0 amide bonds. The van der Waals surface area contributed by atoms with Crippen molar-refractivity contribution >= 4 is 11.6 Å². The molecule has 2 rings (SSSR count). The first kappa shape index (κ1) is 8.35. The minimum atomic E-state index is 0.400. The van der Waals surface area contributed by atoms with Crippen LogP contribution in [0.2, 0.25) is 0 Å².